The van der Waals surface area contributed by atoms with Crippen LogP contribution in [0, 0.1) is 0 Å². The highest BCUT2D eigenvalue weighted by molar-refractivity contribution is 7.91. The number of nitrogens with zero attached hydrogens (tertiary/aromatic N) is 1. The Hall–Kier alpha value is 0.200. The van der Waals surface area contributed by atoms with E-state index in [1.807, 2.05) is 7.05 Å². The Morgan fingerprint density at radius 2 is 2.14 bits per heavy atom. The molecule has 1 saturated heterocycles. The van der Waals surface area contributed by atoms with Crippen molar-refractivity contribution < 1.29 is 8.42 Å². The van der Waals surface area contributed by atoms with Crippen molar-refractivity contribution in [1.29, 1.82) is 0 Å². The van der Waals surface area contributed by atoms with E-state index in [1.54, 1.807) is 0 Å². The molecule has 14 heavy (non-hydrogen) atoms. The van der Waals surface area contributed by atoms with Crippen LogP contribution in [0.25, 0.3) is 0 Å². The summed E-state index contributed by atoms with van der Waals surface area (Å²) in [5.74, 6) is 1.39. The number of hydrogen-bond acceptors (Lipinski definition) is 3. The van der Waals surface area contributed by atoms with Gasteiger partial charge in [0, 0.05) is 11.9 Å². The lowest BCUT2D eigenvalue weighted by molar-refractivity contribution is 0.258. The van der Waals surface area contributed by atoms with Crippen LogP contribution >= 0.6 is 11.6 Å². The topological polar surface area (TPSA) is 37.4 Å². The summed E-state index contributed by atoms with van der Waals surface area (Å²) in [5, 5.41) is 0. The van der Waals surface area contributed by atoms with E-state index in [0.29, 0.717) is 17.4 Å². The highest BCUT2D eigenvalue weighted by Gasteiger charge is 2.30. The Kier molecular flexibility index (Phi) is 4.67. The summed E-state index contributed by atoms with van der Waals surface area (Å²) in [7, 11) is -0.739. The van der Waals surface area contributed by atoms with Crippen molar-refractivity contribution >= 4 is 21.4 Å². The van der Waals surface area contributed by atoms with Gasteiger partial charge in [0.05, 0.1) is 11.5 Å². The molecule has 1 rings (SSSR count). The van der Waals surface area contributed by atoms with E-state index < -0.39 is 9.84 Å². The van der Waals surface area contributed by atoms with Gasteiger partial charge in [-0.1, -0.05) is 0 Å². The fourth-order valence-corrected chi connectivity index (χ4v) is 3.76. The SMILES string of the molecule is CN(CCCCCl)C1CCS(=O)(=O)C1. The maximum absolute atomic E-state index is 11.2. The zero-order valence-corrected chi connectivity index (χ0v) is 10.1. The van der Waals surface area contributed by atoms with Gasteiger partial charge in [-0.05, 0) is 32.9 Å². The molecule has 0 amide bonds. The lowest BCUT2D eigenvalue weighted by atomic mass is 10.2. The number of sulfone groups is 1. The Morgan fingerprint density at radius 1 is 1.43 bits per heavy atom. The maximum atomic E-state index is 11.2. The summed E-state index contributed by atoms with van der Waals surface area (Å²) in [5.41, 5.74) is 0. The molecular formula is C9H18ClNO2S. The van der Waals surface area contributed by atoms with Crippen molar-refractivity contribution in [3.63, 3.8) is 0 Å². The van der Waals surface area contributed by atoms with E-state index in [9.17, 15) is 8.42 Å². The normalized spacial score (nSPS) is 25.8. The fourth-order valence-electron chi connectivity index (χ4n) is 1.76. The Labute approximate surface area is 91.3 Å². The van der Waals surface area contributed by atoms with Gasteiger partial charge in [0.2, 0.25) is 0 Å². The Morgan fingerprint density at radius 3 is 2.64 bits per heavy atom. The first kappa shape index (κ1) is 12.3. The van der Waals surface area contributed by atoms with Crippen LogP contribution in [0.15, 0.2) is 0 Å². The summed E-state index contributed by atoms with van der Waals surface area (Å²) in [6.07, 6.45) is 2.85. The first-order chi connectivity index (χ1) is 6.55. The molecule has 0 saturated carbocycles. The third kappa shape index (κ3) is 3.75. The molecule has 0 N–H and O–H groups in total. The van der Waals surface area contributed by atoms with Crippen molar-refractivity contribution in [2.75, 3.05) is 31.0 Å². The third-order valence-corrected chi connectivity index (χ3v) is 4.74. The zero-order chi connectivity index (χ0) is 10.6. The monoisotopic (exact) mass is 239 g/mol. The average Bonchev–Trinajstić information content (AvgIpc) is 2.46. The predicted octanol–water partition coefficient (Wildman–Crippen LogP) is 1.12. The Balaban J connectivity index is 2.29. The van der Waals surface area contributed by atoms with Gasteiger partial charge in [-0.25, -0.2) is 8.42 Å². The minimum Gasteiger partial charge on any atom is -0.302 e. The molecule has 0 radical (unpaired) electrons. The van der Waals surface area contributed by atoms with Crippen LogP contribution in [-0.4, -0.2) is 50.3 Å². The zero-order valence-electron chi connectivity index (χ0n) is 8.58. The van der Waals surface area contributed by atoms with Crippen molar-refractivity contribution in [3.05, 3.63) is 0 Å². The van der Waals surface area contributed by atoms with E-state index >= 15 is 0 Å². The van der Waals surface area contributed by atoms with Crippen molar-refractivity contribution in [3.8, 4) is 0 Å². The van der Waals surface area contributed by atoms with Crippen LogP contribution in [0.5, 0.6) is 0 Å². The van der Waals surface area contributed by atoms with Gasteiger partial charge < -0.3 is 4.90 Å². The van der Waals surface area contributed by atoms with Gasteiger partial charge in [-0.2, -0.15) is 0 Å². The number of rotatable bonds is 5. The van der Waals surface area contributed by atoms with E-state index in [4.69, 9.17) is 11.6 Å². The Bertz CT molecular complexity index is 266. The van der Waals surface area contributed by atoms with Gasteiger partial charge in [0.1, 0.15) is 0 Å². The van der Waals surface area contributed by atoms with Gasteiger partial charge in [0.15, 0.2) is 9.84 Å². The highest BCUT2D eigenvalue weighted by Crippen LogP contribution is 2.16. The van der Waals surface area contributed by atoms with Gasteiger partial charge >= 0.3 is 0 Å². The van der Waals surface area contributed by atoms with Gasteiger partial charge in [0.25, 0.3) is 0 Å². The molecule has 0 aromatic carbocycles. The lowest BCUT2D eigenvalue weighted by Gasteiger charge is -2.22. The fraction of sp³-hybridized carbons (Fsp3) is 1.00. The van der Waals surface area contributed by atoms with Crippen molar-refractivity contribution in [2.45, 2.75) is 25.3 Å². The molecule has 1 aliphatic heterocycles. The smallest absolute Gasteiger partial charge is 0.151 e. The molecule has 0 aliphatic carbocycles. The largest absolute Gasteiger partial charge is 0.302 e. The average molecular weight is 240 g/mol. The molecular weight excluding hydrogens is 222 g/mol. The second-order valence-electron chi connectivity index (χ2n) is 3.93. The second-order valence-corrected chi connectivity index (χ2v) is 6.54. The van der Waals surface area contributed by atoms with Crippen molar-refractivity contribution in [1.82, 2.24) is 4.90 Å². The molecule has 1 unspecified atom stereocenters. The summed E-state index contributed by atoms with van der Waals surface area (Å²) in [6, 6.07) is 0.232. The molecule has 1 aliphatic rings. The molecule has 0 bridgehead atoms. The number of alkyl halides is 1. The van der Waals surface area contributed by atoms with Crippen LogP contribution in [0.2, 0.25) is 0 Å². The minimum absolute atomic E-state index is 0.232. The first-order valence-corrected chi connectivity index (χ1v) is 7.37. The highest BCUT2D eigenvalue weighted by atomic mass is 35.5. The third-order valence-electron chi connectivity index (χ3n) is 2.73. The molecule has 0 aromatic rings. The molecule has 5 heteroatoms. The molecule has 1 heterocycles. The van der Waals surface area contributed by atoms with Crippen LogP contribution in [0.3, 0.4) is 0 Å². The van der Waals surface area contributed by atoms with Crippen LogP contribution < -0.4 is 0 Å². The molecule has 84 valence electrons. The molecule has 1 fully saturated rings. The molecule has 0 aromatic heterocycles. The first-order valence-electron chi connectivity index (χ1n) is 5.02. The van der Waals surface area contributed by atoms with E-state index in [0.717, 1.165) is 25.8 Å². The van der Waals surface area contributed by atoms with Crippen LogP contribution in [0.4, 0.5) is 0 Å². The lowest BCUT2D eigenvalue weighted by Crippen LogP contribution is -2.33. The molecule has 0 spiro atoms. The quantitative estimate of drug-likeness (QED) is 0.533. The predicted molar refractivity (Wildman–Crippen MR) is 59.6 cm³/mol. The number of hydrogen-bond donors (Lipinski definition) is 0. The summed E-state index contributed by atoms with van der Waals surface area (Å²) in [6.45, 7) is 0.951. The second kappa shape index (κ2) is 5.33. The maximum Gasteiger partial charge on any atom is 0.151 e. The summed E-state index contributed by atoms with van der Waals surface area (Å²) >= 11 is 5.58. The van der Waals surface area contributed by atoms with E-state index in [-0.39, 0.29) is 6.04 Å². The minimum atomic E-state index is -2.74. The van der Waals surface area contributed by atoms with E-state index in [2.05, 4.69) is 4.90 Å². The summed E-state index contributed by atoms with van der Waals surface area (Å²) < 4.78 is 22.5. The molecule has 3 nitrogen and oxygen atoms in total. The standard InChI is InChI=1S/C9H18ClNO2S/c1-11(6-3-2-5-10)9-4-7-14(12,13)8-9/h9H,2-8H2,1H3. The van der Waals surface area contributed by atoms with Gasteiger partial charge in [-0.3, -0.25) is 0 Å². The van der Waals surface area contributed by atoms with Crippen molar-refractivity contribution in [2.24, 2.45) is 0 Å². The van der Waals surface area contributed by atoms with Gasteiger partial charge in [-0.15, -0.1) is 11.6 Å². The summed E-state index contributed by atoms with van der Waals surface area (Å²) in [4.78, 5) is 2.15. The molecule has 1 atom stereocenters. The number of halogens is 1. The van der Waals surface area contributed by atoms with E-state index in [1.165, 1.54) is 0 Å². The van der Waals surface area contributed by atoms with Crippen LogP contribution in [-0.2, 0) is 9.84 Å². The number of unbranched alkanes of at least 4 members (excludes halogenated alkanes) is 1. The van der Waals surface area contributed by atoms with Crippen LogP contribution in [0.1, 0.15) is 19.3 Å².